The van der Waals surface area contributed by atoms with Crippen LogP contribution in [0.4, 0.5) is 0 Å². The van der Waals surface area contributed by atoms with E-state index in [1.54, 1.807) is 0 Å². The van der Waals surface area contributed by atoms with E-state index in [1.807, 2.05) is 0 Å². The third-order valence-electron chi connectivity index (χ3n) is 2.61. The first-order chi connectivity index (χ1) is 7.95. The zero-order chi connectivity index (χ0) is 11.1. The summed E-state index contributed by atoms with van der Waals surface area (Å²) in [4.78, 5) is 0. The van der Waals surface area contributed by atoms with E-state index in [-0.39, 0.29) is 0 Å². The van der Waals surface area contributed by atoms with Crippen LogP contribution >= 0.6 is 8.58 Å². The number of benzene rings is 2. The van der Waals surface area contributed by atoms with Gasteiger partial charge >= 0.3 is 0 Å². The molecule has 82 valence electrons. The van der Waals surface area contributed by atoms with Crippen LogP contribution in [0.15, 0.2) is 60.7 Å². The summed E-state index contributed by atoms with van der Waals surface area (Å²) in [5, 5.41) is 0. The summed E-state index contributed by atoms with van der Waals surface area (Å²) in [6, 6.07) is 21.5. The van der Waals surface area contributed by atoms with E-state index in [2.05, 4.69) is 60.7 Å². The van der Waals surface area contributed by atoms with Crippen LogP contribution in [-0.2, 0) is 12.6 Å². The van der Waals surface area contributed by atoms with Gasteiger partial charge in [0.2, 0.25) is 0 Å². The molecule has 2 aromatic carbocycles. The molecule has 0 aliphatic carbocycles. The summed E-state index contributed by atoms with van der Waals surface area (Å²) in [5.74, 6) is 0. The van der Waals surface area contributed by atoms with Gasteiger partial charge in [-0.05, 0) is 29.9 Å². The molecule has 1 heteroatoms. The number of hydrogen-bond donors (Lipinski definition) is 0. The van der Waals surface area contributed by atoms with Gasteiger partial charge in [-0.25, -0.2) is 0 Å². The van der Waals surface area contributed by atoms with Gasteiger partial charge in [-0.2, -0.15) is 0 Å². The summed E-state index contributed by atoms with van der Waals surface area (Å²) in [6.07, 6.45) is 3.75. The Kier molecular flexibility index (Phi) is 4.58. The summed E-state index contributed by atoms with van der Waals surface area (Å²) in [5.41, 5.74) is 2.93. The van der Waals surface area contributed by atoms with E-state index in [1.165, 1.54) is 29.9 Å². The molecule has 0 aromatic heterocycles. The molecule has 0 saturated carbocycles. The third-order valence-corrected chi connectivity index (χ3v) is 3.87. The van der Waals surface area contributed by atoms with E-state index in [0.717, 1.165) is 8.58 Å². The van der Waals surface area contributed by atoms with Crippen LogP contribution in [0, 0.1) is 0 Å². The first kappa shape index (κ1) is 11.4. The molecule has 0 saturated heterocycles. The van der Waals surface area contributed by atoms with Crippen molar-refractivity contribution in [2.45, 2.75) is 12.6 Å². The fourth-order valence-corrected chi connectivity index (χ4v) is 2.87. The van der Waals surface area contributed by atoms with Gasteiger partial charge < -0.3 is 0 Å². The van der Waals surface area contributed by atoms with Crippen molar-refractivity contribution in [3.05, 3.63) is 71.8 Å². The maximum atomic E-state index is 2.22. The van der Waals surface area contributed by atoms with Crippen molar-refractivity contribution in [2.24, 2.45) is 0 Å². The predicted molar refractivity (Wildman–Crippen MR) is 73.5 cm³/mol. The maximum absolute atomic E-state index is 2.22. The van der Waals surface area contributed by atoms with Gasteiger partial charge in [0, 0.05) is 0 Å². The molecule has 1 atom stereocenters. The molecule has 16 heavy (non-hydrogen) atoms. The second kappa shape index (κ2) is 6.45. The van der Waals surface area contributed by atoms with Crippen LogP contribution in [0.3, 0.4) is 0 Å². The van der Waals surface area contributed by atoms with Crippen LogP contribution in [0.2, 0.25) is 0 Å². The van der Waals surface area contributed by atoms with Crippen LogP contribution in [-0.4, -0.2) is 6.16 Å². The van der Waals surface area contributed by atoms with Gasteiger partial charge in [-0.3, -0.25) is 0 Å². The molecule has 0 fully saturated rings. The highest BCUT2D eigenvalue weighted by Crippen LogP contribution is 2.19. The molecule has 0 aliphatic heterocycles. The quantitative estimate of drug-likeness (QED) is 0.533. The molecule has 0 amide bonds. The van der Waals surface area contributed by atoms with E-state index >= 15 is 0 Å². The van der Waals surface area contributed by atoms with Gasteiger partial charge in [0.05, 0.1) is 0 Å². The molecule has 0 bridgehead atoms. The van der Waals surface area contributed by atoms with Crippen LogP contribution in [0.25, 0.3) is 0 Å². The predicted octanol–water partition coefficient (Wildman–Crippen LogP) is 4.11. The summed E-state index contributed by atoms with van der Waals surface area (Å²) in [7, 11) is 1.04. The second-order valence-corrected chi connectivity index (χ2v) is 5.25. The fourth-order valence-electron chi connectivity index (χ4n) is 1.71. The standard InChI is InChI=1S/C15H17P/c1-3-7-14(8-4-1)11-12-16-13-15-9-5-2-6-10-15/h1-10,16H,11-13H2. The van der Waals surface area contributed by atoms with Gasteiger partial charge in [0.25, 0.3) is 0 Å². The average molecular weight is 228 g/mol. The summed E-state index contributed by atoms with van der Waals surface area (Å²) in [6.45, 7) is 0. The first-order valence-corrected chi connectivity index (χ1v) is 7.15. The number of hydrogen-bond acceptors (Lipinski definition) is 0. The van der Waals surface area contributed by atoms with Crippen molar-refractivity contribution in [3.8, 4) is 0 Å². The lowest BCUT2D eigenvalue weighted by molar-refractivity contribution is 1.15. The number of aryl methyl sites for hydroxylation is 1. The zero-order valence-electron chi connectivity index (χ0n) is 9.39. The smallest absolute Gasteiger partial charge is 0.0100 e. The third kappa shape index (κ3) is 3.79. The van der Waals surface area contributed by atoms with Gasteiger partial charge in [-0.1, -0.05) is 60.7 Å². The lowest BCUT2D eigenvalue weighted by Crippen LogP contribution is -1.87. The highest BCUT2D eigenvalue weighted by atomic mass is 31.1. The lowest BCUT2D eigenvalue weighted by atomic mass is 10.2. The van der Waals surface area contributed by atoms with E-state index in [9.17, 15) is 0 Å². The minimum atomic E-state index is 1.04. The highest BCUT2D eigenvalue weighted by Gasteiger charge is 1.93. The molecule has 1 unspecified atom stereocenters. The minimum Gasteiger partial charge on any atom is -0.117 e. The molecule has 2 aromatic rings. The minimum absolute atomic E-state index is 1.04. The Morgan fingerprint density at radius 1 is 0.688 bits per heavy atom. The number of rotatable bonds is 5. The molecule has 0 spiro atoms. The Labute approximate surface area is 99.5 Å². The largest absolute Gasteiger partial charge is 0.117 e. The monoisotopic (exact) mass is 228 g/mol. The van der Waals surface area contributed by atoms with E-state index in [4.69, 9.17) is 0 Å². The van der Waals surface area contributed by atoms with E-state index < -0.39 is 0 Å². The van der Waals surface area contributed by atoms with Gasteiger partial charge in [0.1, 0.15) is 0 Å². The van der Waals surface area contributed by atoms with E-state index in [0.29, 0.717) is 0 Å². The van der Waals surface area contributed by atoms with Crippen molar-refractivity contribution in [3.63, 3.8) is 0 Å². The summed E-state index contributed by atoms with van der Waals surface area (Å²) < 4.78 is 0. The van der Waals surface area contributed by atoms with Crippen molar-refractivity contribution in [1.82, 2.24) is 0 Å². The van der Waals surface area contributed by atoms with Gasteiger partial charge in [-0.15, -0.1) is 8.58 Å². The van der Waals surface area contributed by atoms with Crippen LogP contribution in [0.1, 0.15) is 11.1 Å². The molecular formula is C15H17P. The maximum Gasteiger partial charge on any atom is -0.0100 e. The topological polar surface area (TPSA) is 0 Å². The van der Waals surface area contributed by atoms with Crippen molar-refractivity contribution >= 4 is 8.58 Å². The van der Waals surface area contributed by atoms with Crippen LogP contribution in [0.5, 0.6) is 0 Å². The van der Waals surface area contributed by atoms with Crippen molar-refractivity contribution < 1.29 is 0 Å². The molecule has 0 aliphatic rings. The van der Waals surface area contributed by atoms with Gasteiger partial charge in [0.15, 0.2) is 0 Å². The van der Waals surface area contributed by atoms with Crippen LogP contribution < -0.4 is 0 Å². The zero-order valence-corrected chi connectivity index (χ0v) is 10.4. The fraction of sp³-hybridized carbons (Fsp3) is 0.200. The molecule has 2 rings (SSSR count). The molecule has 0 radical (unpaired) electrons. The summed E-state index contributed by atoms with van der Waals surface area (Å²) >= 11 is 0. The van der Waals surface area contributed by atoms with Crippen molar-refractivity contribution in [2.75, 3.05) is 6.16 Å². The molecule has 0 N–H and O–H groups in total. The second-order valence-electron chi connectivity index (χ2n) is 3.90. The average Bonchev–Trinajstić information content (AvgIpc) is 2.37. The molecule has 0 heterocycles. The molecule has 0 nitrogen and oxygen atoms in total. The highest BCUT2D eigenvalue weighted by molar-refractivity contribution is 7.37. The Balaban J connectivity index is 1.70. The lowest BCUT2D eigenvalue weighted by Gasteiger charge is -2.02. The Morgan fingerprint density at radius 2 is 1.25 bits per heavy atom. The first-order valence-electron chi connectivity index (χ1n) is 5.74. The normalized spacial score (nSPS) is 11.0. The Hall–Kier alpha value is -1.13. The Bertz CT molecular complexity index is 353. The van der Waals surface area contributed by atoms with Crippen molar-refractivity contribution in [1.29, 1.82) is 0 Å². The Morgan fingerprint density at radius 3 is 1.88 bits per heavy atom. The molecular weight excluding hydrogens is 211 g/mol. The SMILES string of the molecule is c1ccc(CCPCc2ccccc2)cc1.